The van der Waals surface area contributed by atoms with E-state index >= 15 is 0 Å². The second kappa shape index (κ2) is 7.09. The van der Waals surface area contributed by atoms with E-state index in [-0.39, 0.29) is 17.7 Å². The molecule has 1 N–H and O–H groups in total. The van der Waals surface area contributed by atoms with Gasteiger partial charge in [-0.3, -0.25) is 4.79 Å². The Labute approximate surface area is 110 Å². The van der Waals surface area contributed by atoms with Crippen LogP contribution < -0.4 is 5.32 Å². The third kappa shape index (κ3) is 4.57. The summed E-state index contributed by atoms with van der Waals surface area (Å²) in [6, 6.07) is 0.136. The van der Waals surface area contributed by atoms with Crippen LogP contribution >= 0.6 is 0 Å². The molecule has 0 saturated carbocycles. The van der Waals surface area contributed by atoms with Crippen LogP contribution in [0.5, 0.6) is 0 Å². The molecule has 0 unspecified atom stereocenters. The molecule has 0 bridgehead atoms. The number of sulfonamides is 1. The van der Waals surface area contributed by atoms with Gasteiger partial charge in [-0.05, 0) is 25.7 Å². The van der Waals surface area contributed by atoms with E-state index in [4.69, 9.17) is 0 Å². The number of hydrogen-bond acceptors (Lipinski definition) is 3. The summed E-state index contributed by atoms with van der Waals surface area (Å²) in [5.41, 5.74) is 0. The van der Waals surface area contributed by atoms with Gasteiger partial charge in [0.05, 0.1) is 5.75 Å². The van der Waals surface area contributed by atoms with Crippen molar-refractivity contribution in [3.05, 3.63) is 0 Å². The van der Waals surface area contributed by atoms with Gasteiger partial charge in [-0.15, -0.1) is 0 Å². The summed E-state index contributed by atoms with van der Waals surface area (Å²) >= 11 is 0. The van der Waals surface area contributed by atoms with E-state index in [0.29, 0.717) is 25.9 Å². The van der Waals surface area contributed by atoms with Crippen molar-refractivity contribution in [1.29, 1.82) is 0 Å². The minimum Gasteiger partial charge on any atom is -0.353 e. The molecule has 6 heteroatoms. The Kier molecular flexibility index (Phi) is 6.08. The normalized spacial score (nSPS) is 18.8. The number of nitrogens with one attached hydrogen (secondary N) is 1. The van der Waals surface area contributed by atoms with Crippen molar-refractivity contribution in [3.8, 4) is 0 Å². The molecule has 1 fully saturated rings. The second-order valence-corrected chi connectivity index (χ2v) is 6.90. The van der Waals surface area contributed by atoms with Gasteiger partial charge in [0.25, 0.3) is 0 Å². The van der Waals surface area contributed by atoms with E-state index < -0.39 is 10.0 Å². The number of rotatable bonds is 6. The fourth-order valence-electron chi connectivity index (χ4n) is 2.19. The van der Waals surface area contributed by atoms with Gasteiger partial charge >= 0.3 is 0 Å². The van der Waals surface area contributed by atoms with Crippen molar-refractivity contribution >= 4 is 15.9 Å². The highest BCUT2D eigenvalue weighted by molar-refractivity contribution is 7.89. The fraction of sp³-hybridized carbons (Fsp3) is 0.917. The average molecular weight is 276 g/mol. The predicted octanol–water partition coefficient (Wildman–Crippen LogP) is 1.11. The van der Waals surface area contributed by atoms with Crippen LogP contribution in [0.3, 0.4) is 0 Å². The predicted molar refractivity (Wildman–Crippen MR) is 71.7 cm³/mol. The maximum atomic E-state index is 11.9. The zero-order chi connectivity index (χ0) is 13.6. The maximum Gasteiger partial charge on any atom is 0.220 e. The number of carbonyl (C=O) groups excluding carboxylic acids is 1. The van der Waals surface area contributed by atoms with E-state index in [1.165, 1.54) is 0 Å². The largest absolute Gasteiger partial charge is 0.353 e. The van der Waals surface area contributed by atoms with Crippen LogP contribution in [0.15, 0.2) is 0 Å². The first-order chi connectivity index (χ1) is 8.49. The van der Waals surface area contributed by atoms with Crippen molar-refractivity contribution in [2.24, 2.45) is 0 Å². The summed E-state index contributed by atoms with van der Waals surface area (Å²) in [5.74, 6) is 0.298. The van der Waals surface area contributed by atoms with Crippen molar-refractivity contribution in [2.75, 3.05) is 18.8 Å². The van der Waals surface area contributed by atoms with Crippen LogP contribution in [0.1, 0.15) is 46.0 Å². The van der Waals surface area contributed by atoms with Gasteiger partial charge in [0, 0.05) is 25.6 Å². The van der Waals surface area contributed by atoms with Crippen LogP contribution in [0.2, 0.25) is 0 Å². The Hall–Kier alpha value is -0.620. The first kappa shape index (κ1) is 15.4. The van der Waals surface area contributed by atoms with Crippen LogP contribution in [-0.2, 0) is 14.8 Å². The Bertz CT molecular complexity index is 360. The molecular formula is C12H24N2O3S. The molecular weight excluding hydrogens is 252 g/mol. The van der Waals surface area contributed by atoms with Crippen LogP contribution in [-0.4, -0.2) is 43.5 Å². The van der Waals surface area contributed by atoms with E-state index in [9.17, 15) is 13.2 Å². The molecule has 1 heterocycles. The maximum absolute atomic E-state index is 11.9. The van der Waals surface area contributed by atoms with Gasteiger partial charge in [-0.25, -0.2) is 12.7 Å². The summed E-state index contributed by atoms with van der Waals surface area (Å²) < 4.78 is 25.3. The van der Waals surface area contributed by atoms with Gasteiger partial charge in [0.2, 0.25) is 15.9 Å². The number of hydrogen-bond donors (Lipinski definition) is 1. The molecule has 0 aromatic rings. The molecule has 0 aromatic heterocycles. The van der Waals surface area contributed by atoms with Gasteiger partial charge in [-0.1, -0.05) is 13.8 Å². The van der Waals surface area contributed by atoms with Gasteiger partial charge in [-0.2, -0.15) is 0 Å². The third-order valence-electron chi connectivity index (χ3n) is 3.15. The molecule has 1 aliphatic heterocycles. The SMILES string of the molecule is CCCC(=O)NC1CCN(S(=O)(=O)CCC)CC1. The lowest BCUT2D eigenvalue weighted by molar-refractivity contribution is -0.122. The summed E-state index contributed by atoms with van der Waals surface area (Å²) in [6.07, 6.45) is 3.48. The zero-order valence-electron chi connectivity index (χ0n) is 11.3. The first-order valence-electron chi connectivity index (χ1n) is 6.76. The van der Waals surface area contributed by atoms with Gasteiger partial charge < -0.3 is 5.32 Å². The molecule has 0 aromatic carbocycles. The quantitative estimate of drug-likeness (QED) is 0.790. The topological polar surface area (TPSA) is 66.5 Å². The molecule has 1 aliphatic rings. The molecule has 1 amide bonds. The fourth-order valence-corrected chi connectivity index (χ4v) is 3.73. The van der Waals surface area contributed by atoms with Gasteiger partial charge in [0.1, 0.15) is 0 Å². The van der Waals surface area contributed by atoms with Crippen LogP contribution in [0.4, 0.5) is 0 Å². The average Bonchev–Trinajstić information content (AvgIpc) is 2.30. The minimum atomic E-state index is -3.07. The number of nitrogens with zero attached hydrogens (tertiary/aromatic N) is 1. The van der Waals surface area contributed by atoms with Gasteiger partial charge in [0.15, 0.2) is 0 Å². The Morgan fingerprint density at radius 1 is 1.22 bits per heavy atom. The number of carbonyl (C=O) groups is 1. The summed E-state index contributed by atoms with van der Waals surface area (Å²) in [4.78, 5) is 11.4. The third-order valence-corrected chi connectivity index (χ3v) is 5.23. The van der Waals surface area contributed by atoms with E-state index in [0.717, 1.165) is 19.3 Å². The minimum absolute atomic E-state index is 0.0763. The van der Waals surface area contributed by atoms with E-state index in [1.54, 1.807) is 4.31 Å². The summed E-state index contributed by atoms with van der Waals surface area (Å²) in [7, 11) is -3.07. The molecule has 0 radical (unpaired) electrons. The number of piperidine rings is 1. The van der Waals surface area contributed by atoms with Crippen LogP contribution in [0, 0.1) is 0 Å². The zero-order valence-corrected chi connectivity index (χ0v) is 12.1. The molecule has 0 spiro atoms. The molecule has 1 saturated heterocycles. The lowest BCUT2D eigenvalue weighted by Gasteiger charge is -2.31. The molecule has 0 atom stereocenters. The number of amides is 1. The van der Waals surface area contributed by atoms with Crippen molar-refractivity contribution in [3.63, 3.8) is 0 Å². The lowest BCUT2D eigenvalue weighted by Crippen LogP contribution is -2.46. The molecule has 0 aliphatic carbocycles. The summed E-state index contributed by atoms with van der Waals surface area (Å²) in [6.45, 7) is 4.90. The Balaban J connectivity index is 2.39. The highest BCUT2D eigenvalue weighted by Crippen LogP contribution is 2.15. The van der Waals surface area contributed by atoms with Crippen molar-refractivity contribution in [1.82, 2.24) is 9.62 Å². The lowest BCUT2D eigenvalue weighted by atomic mass is 10.1. The highest BCUT2D eigenvalue weighted by Gasteiger charge is 2.27. The Morgan fingerprint density at radius 3 is 2.33 bits per heavy atom. The van der Waals surface area contributed by atoms with E-state index in [1.807, 2.05) is 13.8 Å². The monoisotopic (exact) mass is 276 g/mol. The summed E-state index contributed by atoms with van der Waals surface area (Å²) in [5, 5.41) is 2.96. The highest BCUT2D eigenvalue weighted by atomic mass is 32.2. The van der Waals surface area contributed by atoms with E-state index in [2.05, 4.69) is 5.32 Å². The Morgan fingerprint density at radius 2 is 1.83 bits per heavy atom. The molecule has 18 heavy (non-hydrogen) atoms. The van der Waals surface area contributed by atoms with Crippen molar-refractivity contribution < 1.29 is 13.2 Å². The van der Waals surface area contributed by atoms with Crippen molar-refractivity contribution in [2.45, 2.75) is 52.0 Å². The molecule has 106 valence electrons. The van der Waals surface area contributed by atoms with Crippen LogP contribution in [0.25, 0.3) is 0 Å². The standard InChI is InChI=1S/C12H24N2O3S/c1-3-5-12(15)13-11-6-8-14(9-7-11)18(16,17)10-4-2/h11H,3-10H2,1-2H3,(H,13,15). The molecule has 5 nitrogen and oxygen atoms in total. The second-order valence-electron chi connectivity index (χ2n) is 4.81. The smallest absolute Gasteiger partial charge is 0.220 e. The first-order valence-corrected chi connectivity index (χ1v) is 8.37. The molecule has 1 rings (SSSR count).